The van der Waals surface area contributed by atoms with Gasteiger partial charge in [0.2, 0.25) is 20.0 Å². The van der Waals surface area contributed by atoms with Crippen LogP contribution in [0.3, 0.4) is 0 Å². The van der Waals surface area contributed by atoms with Gasteiger partial charge < -0.3 is 9.64 Å². The number of piperazine rings is 1. The summed E-state index contributed by atoms with van der Waals surface area (Å²) < 4.78 is 88.6. The summed E-state index contributed by atoms with van der Waals surface area (Å²) in [6.45, 7) is 3.29. The Labute approximate surface area is 205 Å². The molecule has 2 aliphatic rings. The molecule has 192 valence electrons. The van der Waals surface area contributed by atoms with Gasteiger partial charge in [-0.15, -0.1) is 0 Å². The molecule has 0 bridgehead atoms. The molecule has 12 heteroatoms. The van der Waals surface area contributed by atoms with E-state index in [1.165, 1.54) is 17.5 Å². The SMILES string of the molecule is COc1ccc(S(=O)(=O)N2CCCC(C)C2)cc1N1CCN(S(=O)(=O)c2c(F)cccc2F)CC1. The lowest BCUT2D eigenvalue weighted by atomic mass is 10.0. The molecule has 2 aromatic rings. The number of benzene rings is 2. The molecule has 2 fully saturated rings. The van der Waals surface area contributed by atoms with Crippen LogP contribution in [-0.4, -0.2) is 71.8 Å². The number of nitrogens with zero attached hydrogens (tertiary/aromatic N) is 3. The number of piperidine rings is 1. The highest BCUT2D eigenvalue weighted by Crippen LogP contribution is 2.34. The molecule has 1 atom stereocenters. The highest BCUT2D eigenvalue weighted by atomic mass is 32.2. The van der Waals surface area contributed by atoms with Gasteiger partial charge in [0.05, 0.1) is 17.7 Å². The van der Waals surface area contributed by atoms with Crippen LogP contribution < -0.4 is 9.64 Å². The molecule has 2 aliphatic heterocycles. The van der Waals surface area contributed by atoms with Crippen LogP contribution in [0.2, 0.25) is 0 Å². The van der Waals surface area contributed by atoms with Crippen LogP contribution >= 0.6 is 0 Å². The van der Waals surface area contributed by atoms with E-state index in [2.05, 4.69) is 0 Å². The van der Waals surface area contributed by atoms with Crippen molar-refractivity contribution in [3.05, 3.63) is 48.0 Å². The summed E-state index contributed by atoms with van der Waals surface area (Å²) >= 11 is 0. The van der Waals surface area contributed by atoms with Crippen molar-refractivity contribution in [2.75, 3.05) is 51.3 Å². The largest absolute Gasteiger partial charge is 0.495 e. The maximum absolute atomic E-state index is 14.1. The summed E-state index contributed by atoms with van der Waals surface area (Å²) in [5, 5.41) is 0. The lowest BCUT2D eigenvalue weighted by molar-refractivity contribution is 0.281. The van der Waals surface area contributed by atoms with Crippen molar-refractivity contribution < 1.29 is 30.4 Å². The zero-order valence-electron chi connectivity index (χ0n) is 19.7. The van der Waals surface area contributed by atoms with Crippen molar-refractivity contribution in [2.45, 2.75) is 29.6 Å². The normalized spacial score (nSPS) is 20.7. The number of ether oxygens (including phenoxy) is 1. The molecule has 0 saturated carbocycles. The highest BCUT2D eigenvalue weighted by Gasteiger charge is 2.34. The monoisotopic (exact) mass is 529 g/mol. The second-order valence-electron chi connectivity index (χ2n) is 8.89. The van der Waals surface area contributed by atoms with Gasteiger partial charge in [0.25, 0.3) is 0 Å². The highest BCUT2D eigenvalue weighted by molar-refractivity contribution is 7.89. The van der Waals surface area contributed by atoms with Gasteiger partial charge in [0.1, 0.15) is 17.4 Å². The van der Waals surface area contributed by atoms with Crippen LogP contribution in [0, 0.1) is 17.6 Å². The molecule has 2 aromatic carbocycles. The lowest BCUT2D eigenvalue weighted by Crippen LogP contribution is -2.49. The van der Waals surface area contributed by atoms with E-state index in [1.807, 2.05) is 11.8 Å². The summed E-state index contributed by atoms with van der Waals surface area (Å²) in [6.07, 6.45) is 1.80. The first kappa shape index (κ1) is 25.8. The molecule has 0 aliphatic carbocycles. The molecule has 35 heavy (non-hydrogen) atoms. The van der Waals surface area contributed by atoms with E-state index >= 15 is 0 Å². The molecule has 0 radical (unpaired) electrons. The Balaban J connectivity index is 1.57. The van der Waals surface area contributed by atoms with E-state index in [0.29, 0.717) is 24.5 Å². The molecule has 2 saturated heterocycles. The van der Waals surface area contributed by atoms with Gasteiger partial charge in [-0.25, -0.2) is 25.6 Å². The minimum Gasteiger partial charge on any atom is -0.495 e. The number of methoxy groups -OCH3 is 1. The van der Waals surface area contributed by atoms with Crippen LogP contribution in [0.5, 0.6) is 5.75 Å². The number of hydrogen-bond donors (Lipinski definition) is 0. The van der Waals surface area contributed by atoms with E-state index in [-0.39, 0.29) is 37.0 Å². The Hall–Kier alpha value is -2.28. The van der Waals surface area contributed by atoms with E-state index in [1.54, 1.807) is 12.1 Å². The van der Waals surface area contributed by atoms with E-state index < -0.39 is 36.6 Å². The van der Waals surface area contributed by atoms with Crippen LogP contribution in [-0.2, 0) is 20.0 Å². The third-order valence-electron chi connectivity index (χ3n) is 6.50. The van der Waals surface area contributed by atoms with Gasteiger partial charge in [-0.1, -0.05) is 13.0 Å². The number of anilines is 1. The number of sulfonamides is 2. The molecule has 2 heterocycles. The average molecular weight is 530 g/mol. The first-order valence-electron chi connectivity index (χ1n) is 11.4. The van der Waals surface area contributed by atoms with Crippen molar-refractivity contribution in [2.24, 2.45) is 5.92 Å². The Morgan fingerprint density at radius 2 is 1.54 bits per heavy atom. The summed E-state index contributed by atoms with van der Waals surface area (Å²) in [5.74, 6) is -1.55. The molecule has 0 spiro atoms. The standard InChI is InChI=1S/C23H29F2N3O5S2/c1-17-5-4-10-28(16-17)34(29,30)18-8-9-22(33-2)21(15-18)26-11-13-27(14-12-26)35(31,32)23-19(24)6-3-7-20(23)25/h3,6-9,15,17H,4-5,10-14,16H2,1-2H3. The van der Waals surface area contributed by atoms with E-state index in [9.17, 15) is 25.6 Å². The number of rotatable bonds is 6. The first-order chi connectivity index (χ1) is 16.6. The van der Waals surface area contributed by atoms with Gasteiger partial charge >= 0.3 is 0 Å². The first-order valence-corrected chi connectivity index (χ1v) is 14.3. The molecular formula is C23H29F2N3O5S2. The Morgan fingerprint density at radius 3 is 2.14 bits per heavy atom. The molecule has 8 nitrogen and oxygen atoms in total. The second kappa shape index (κ2) is 10.00. The van der Waals surface area contributed by atoms with Crippen LogP contribution in [0.15, 0.2) is 46.2 Å². The Kier molecular flexibility index (Phi) is 7.37. The zero-order valence-corrected chi connectivity index (χ0v) is 21.3. The van der Waals surface area contributed by atoms with Crippen LogP contribution in [0.4, 0.5) is 14.5 Å². The third-order valence-corrected chi connectivity index (χ3v) is 10.3. The second-order valence-corrected chi connectivity index (χ2v) is 12.7. The third kappa shape index (κ3) is 5.02. The van der Waals surface area contributed by atoms with Gasteiger partial charge in [0.15, 0.2) is 4.90 Å². The van der Waals surface area contributed by atoms with Crippen molar-refractivity contribution in [1.82, 2.24) is 8.61 Å². The number of halogens is 2. The maximum Gasteiger partial charge on any atom is 0.249 e. The minimum absolute atomic E-state index is 0.0279. The fourth-order valence-electron chi connectivity index (χ4n) is 4.62. The number of hydrogen-bond acceptors (Lipinski definition) is 6. The maximum atomic E-state index is 14.1. The Morgan fingerprint density at radius 1 is 0.886 bits per heavy atom. The van der Waals surface area contributed by atoms with Crippen molar-refractivity contribution >= 4 is 25.7 Å². The predicted octanol–water partition coefficient (Wildman–Crippen LogP) is 2.90. The summed E-state index contributed by atoms with van der Waals surface area (Å²) in [5.41, 5.74) is 0.521. The minimum atomic E-state index is -4.37. The van der Waals surface area contributed by atoms with Crippen molar-refractivity contribution in [3.8, 4) is 5.75 Å². The topological polar surface area (TPSA) is 87.2 Å². The van der Waals surface area contributed by atoms with Gasteiger partial charge in [-0.3, -0.25) is 0 Å². The van der Waals surface area contributed by atoms with Crippen LogP contribution in [0.1, 0.15) is 19.8 Å². The summed E-state index contributed by atoms with van der Waals surface area (Å²) in [6, 6.07) is 7.58. The van der Waals surface area contributed by atoms with Gasteiger partial charge in [-0.2, -0.15) is 8.61 Å². The average Bonchev–Trinajstić information content (AvgIpc) is 2.83. The summed E-state index contributed by atoms with van der Waals surface area (Å²) in [4.78, 5) is 1.00. The van der Waals surface area contributed by atoms with Gasteiger partial charge in [0, 0.05) is 39.3 Å². The van der Waals surface area contributed by atoms with Crippen LogP contribution in [0.25, 0.3) is 0 Å². The molecule has 0 amide bonds. The van der Waals surface area contributed by atoms with E-state index in [0.717, 1.165) is 35.3 Å². The smallest absolute Gasteiger partial charge is 0.249 e. The predicted molar refractivity (Wildman–Crippen MR) is 127 cm³/mol. The molecule has 0 aromatic heterocycles. The molecular weight excluding hydrogens is 500 g/mol. The molecule has 4 rings (SSSR count). The lowest BCUT2D eigenvalue weighted by Gasteiger charge is -2.36. The zero-order chi connectivity index (χ0) is 25.4. The molecule has 1 unspecified atom stereocenters. The van der Waals surface area contributed by atoms with Gasteiger partial charge in [-0.05, 0) is 49.1 Å². The fourth-order valence-corrected chi connectivity index (χ4v) is 7.77. The molecule has 0 N–H and O–H groups in total. The quantitative estimate of drug-likeness (QED) is 0.572. The van der Waals surface area contributed by atoms with E-state index in [4.69, 9.17) is 4.74 Å². The fraction of sp³-hybridized carbons (Fsp3) is 0.478. The van der Waals surface area contributed by atoms with Crippen molar-refractivity contribution in [1.29, 1.82) is 0 Å². The Bertz CT molecular complexity index is 1280. The van der Waals surface area contributed by atoms with Crippen molar-refractivity contribution in [3.63, 3.8) is 0 Å². The summed E-state index contributed by atoms with van der Waals surface area (Å²) in [7, 11) is -6.60.